The van der Waals surface area contributed by atoms with Crippen molar-refractivity contribution >= 4 is 40.6 Å². The highest BCUT2D eigenvalue weighted by Gasteiger charge is 2.28. The number of benzene rings is 3. The van der Waals surface area contributed by atoms with Gasteiger partial charge in [-0.1, -0.05) is 66.3 Å². The lowest BCUT2D eigenvalue weighted by molar-refractivity contribution is 0.290. The number of anilines is 1. The van der Waals surface area contributed by atoms with Crippen LogP contribution in [-0.2, 0) is 0 Å². The number of thiocarbonyl (C=S) groups is 1. The molecule has 2 aliphatic rings. The van der Waals surface area contributed by atoms with Crippen LogP contribution in [0.15, 0.2) is 95.7 Å². The van der Waals surface area contributed by atoms with Gasteiger partial charge in [0.1, 0.15) is 16.5 Å². The molecule has 3 aromatic carbocycles. The monoisotopic (exact) mass is 500 g/mol. The number of hydrogen-bond acceptors (Lipinski definition) is 3. The fourth-order valence-corrected chi connectivity index (χ4v) is 5.31. The van der Waals surface area contributed by atoms with Crippen molar-refractivity contribution in [2.75, 3.05) is 18.4 Å². The van der Waals surface area contributed by atoms with Gasteiger partial charge in [-0.2, -0.15) is 0 Å². The smallest absolute Gasteiger partial charge is 0.128 e. The van der Waals surface area contributed by atoms with E-state index in [0.29, 0.717) is 5.02 Å². The van der Waals surface area contributed by atoms with Gasteiger partial charge in [-0.25, -0.2) is 0 Å². The molecule has 1 heterocycles. The normalized spacial score (nSPS) is 17.1. The zero-order valence-corrected chi connectivity index (χ0v) is 21.2. The lowest BCUT2D eigenvalue weighted by Gasteiger charge is -2.32. The van der Waals surface area contributed by atoms with E-state index in [1.165, 1.54) is 36.1 Å². The fraction of sp³-hybridized carbons (Fsp3) is 0.233. The van der Waals surface area contributed by atoms with Gasteiger partial charge in [-0.3, -0.25) is 0 Å². The molecule has 0 spiro atoms. The summed E-state index contributed by atoms with van der Waals surface area (Å²) in [7, 11) is 0. The van der Waals surface area contributed by atoms with Crippen molar-refractivity contribution < 1.29 is 4.74 Å². The van der Waals surface area contributed by atoms with Gasteiger partial charge in [0.2, 0.25) is 0 Å². The minimum Gasteiger partial charge on any atom is -0.457 e. The molecule has 0 saturated carbocycles. The molecule has 0 bridgehead atoms. The number of piperidine rings is 1. The lowest BCUT2D eigenvalue weighted by atomic mass is 10.0. The van der Waals surface area contributed by atoms with Gasteiger partial charge in [0.05, 0.1) is 10.7 Å². The van der Waals surface area contributed by atoms with Crippen molar-refractivity contribution in [1.82, 2.24) is 4.90 Å². The zero-order valence-electron chi connectivity index (χ0n) is 19.7. The summed E-state index contributed by atoms with van der Waals surface area (Å²) in [5, 5.41) is 4.09. The average Bonchev–Trinajstić information content (AvgIpc) is 3.30. The number of halogens is 1. The molecule has 0 amide bonds. The predicted octanol–water partition coefficient (Wildman–Crippen LogP) is 8.49. The molecule has 5 rings (SSSR count). The van der Waals surface area contributed by atoms with E-state index in [1.807, 2.05) is 60.7 Å². The SMILES string of the molecule is S=C(Nc1ccccc1Cl)C1=C(N2CCCCC2)C(=Cc2cccc(Oc3ccccc3)c2)CC1. The van der Waals surface area contributed by atoms with Crippen LogP contribution in [0.2, 0.25) is 5.02 Å². The molecular weight excluding hydrogens is 472 g/mol. The van der Waals surface area contributed by atoms with Gasteiger partial charge >= 0.3 is 0 Å². The minimum atomic E-state index is 0.680. The number of ether oxygens (including phenoxy) is 1. The van der Waals surface area contributed by atoms with Crippen LogP contribution in [0, 0.1) is 0 Å². The van der Waals surface area contributed by atoms with Crippen LogP contribution in [0.3, 0.4) is 0 Å². The second-order valence-electron chi connectivity index (χ2n) is 8.97. The third-order valence-corrected chi connectivity index (χ3v) is 7.16. The van der Waals surface area contributed by atoms with E-state index in [0.717, 1.165) is 53.7 Å². The van der Waals surface area contributed by atoms with Crippen LogP contribution in [0.1, 0.15) is 37.7 Å². The molecule has 5 heteroatoms. The summed E-state index contributed by atoms with van der Waals surface area (Å²) in [6, 6.07) is 25.9. The lowest BCUT2D eigenvalue weighted by Crippen LogP contribution is -2.31. The van der Waals surface area contributed by atoms with Crippen molar-refractivity contribution in [3.8, 4) is 11.5 Å². The number of nitrogens with one attached hydrogen (secondary N) is 1. The van der Waals surface area contributed by atoms with Crippen LogP contribution in [0.25, 0.3) is 6.08 Å². The topological polar surface area (TPSA) is 24.5 Å². The van der Waals surface area contributed by atoms with Gasteiger partial charge in [0, 0.05) is 24.4 Å². The van der Waals surface area contributed by atoms with Gasteiger partial charge in [0.15, 0.2) is 0 Å². The Bertz CT molecular complexity index is 1260. The fourth-order valence-electron chi connectivity index (χ4n) is 4.82. The Hall–Kier alpha value is -3.08. The Balaban J connectivity index is 1.45. The summed E-state index contributed by atoms with van der Waals surface area (Å²) < 4.78 is 6.07. The van der Waals surface area contributed by atoms with Gasteiger partial charge in [-0.05, 0) is 85.7 Å². The molecule has 0 unspecified atom stereocenters. The van der Waals surface area contributed by atoms with Crippen LogP contribution >= 0.6 is 23.8 Å². The Labute approximate surface area is 218 Å². The highest BCUT2D eigenvalue weighted by molar-refractivity contribution is 7.81. The van der Waals surface area contributed by atoms with E-state index in [-0.39, 0.29) is 0 Å². The number of hydrogen-bond donors (Lipinski definition) is 1. The Kier molecular flexibility index (Phi) is 7.51. The molecule has 1 N–H and O–H groups in total. The highest BCUT2D eigenvalue weighted by Crippen LogP contribution is 2.38. The molecule has 1 fully saturated rings. The number of rotatable bonds is 6. The van der Waals surface area contributed by atoms with E-state index in [2.05, 4.69) is 34.5 Å². The summed E-state index contributed by atoms with van der Waals surface area (Å²) in [4.78, 5) is 3.30. The molecule has 0 atom stereocenters. The maximum absolute atomic E-state index is 6.40. The molecule has 1 aliphatic carbocycles. The first-order valence-electron chi connectivity index (χ1n) is 12.3. The standard InChI is InChI=1S/C30H29ClN2OS/c31-27-14-5-6-15-28(27)32-30(35)26-17-16-23(29(26)33-18-7-2-8-19-33)20-22-10-9-13-25(21-22)34-24-11-3-1-4-12-24/h1,3-6,9-15,20-21H,2,7-8,16-19H2,(H,32,35). The minimum absolute atomic E-state index is 0.680. The summed E-state index contributed by atoms with van der Waals surface area (Å²) in [6.45, 7) is 2.14. The second kappa shape index (κ2) is 11.1. The Morgan fingerprint density at radius 2 is 1.60 bits per heavy atom. The quantitative estimate of drug-likeness (QED) is 0.343. The number of allylic oxidation sites excluding steroid dienone is 1. The summed E-state index contributed by atoms with van der Waals surface area (Å²) in [5.74, 6) is 1.67. The third-order valence-electron chi connectivity index (χ3n) is 6.48. The van der Waals surface area contributed by atoms with Crippen molar-refractivity contribution in [2.45, 2.75) is 32.1 Å². The van der Waals surface area contributed by atoms with Crippen LogP contribution in [0.4, 0.5) is 5.69 Å². The Morgan fingerprint density at radius 3 is 2.40 bits per heavy atom. The molecule has 0 aromatic heterocycles. The first kappa shape index (κ1) is 23.7. The molecule has 1 saturated heterocycles. The van der Waals surface area contributed by atoms with Gasteiger partial charge in [-0.15, -0.1) is 0 Å². The first-order chi connectivity index (χ1) is 17.2. The van der Waals surface area contributed by atoms with Crippen LogP contribution in [-0.4, -0.2) is 23.0 Å². The molecule has 1 aliphatic heterocycles. The van der Waals surface area contributed by atoms with Gasteiger partial charge in [0.25, 0.3) is 0 Å². The molecule has 35 heavy (non-hydrogen) atoms. The van der Waals surface area contributed by atoms with E-state index in [4.69, 9.17) is 28.6 Å². The zero-order chi connectivity index (χ0) is 24.0. The largest absolute Gasteiger partial charge is 0.457 e. The second-order valence-corrected chi connectivity index (χ2v) is 9.78. The van der Waals surface area contributed by atoms with Crippen LogP contribution < -0.4 is 10.1 Å². The Morgan fingerprint density at radius 1 is 0.857 bits per heavy atom. The summed E-state index contributed by atoms with van der Waals surface area (Å²) in [6.07, 6.45) is 7.92. The van der Waals surface area contributed by atoms with Crippen molar-refractivity contribution in [3.63, 3.8) is 0 Å². The van der Waals surface area contributed by atoms with Crippen molar-refractivity contribution in [3.05, 3.63) is 106 Å². The number of likely N-dealkylation sites (tertiary alicyclic amines) is 1. The van der Waals surface area contributed by atoms with Crippen molar-refractivity contribution in [1.29, 1.82) is 0 Å². The van der Waals surface area contributed by atoms with E-state index >= 15 is 0 Å². The molecule has 3 aromatic rings. The summed E-state index contributed by atoms with van der Waals surface area (Å²) in [5.41, 5.74) is 5.83. The maximum atomic E-state index is 6.40. The molecule has 0 radical (unpaired) electrons. The number of para-hydroxylation sites is 2. The van der Waals surface area contributed by atoms with Crippen molar-refractivity contribution in [2.24, 2.45) is 0 Å². The average molecular weight is 501 g/mol. The van der Waals surface area contributed by atoms with E-state index in [1.54, 1.807) is 0 Å². The molecular formula is C30H29ClN2OS. The molecule has 3 nitrogen and oxygen atoms in total. The highest BCUT2D eigenvalue weighted by atomic mass is 35.5. The first-order valence-corrected chi connectivity index (χ1v) is 13.0. The predicted molar refractivity (Wildman–Crippen MR) is 150 cm³/mol. The summed E-state index contributed by atoms with van der Waals surface area (Å²) >= 11 is 12.3. The van der Waals surface area contributed by atoms with E-state index in [9.17, 15) is 0 Å². The van der Waals surface area contributed by atoms with Gasteiger partial charge < -0.3 is 15.0 Å². The van der Waals surface area contributed by atoms with E-state index < -0.39 is 0 Å². The van der Waals surface area contributed by atoms with Crippen LogP contribution in [0.5, 0.6) is 11.5 Å². The maximum Gasteiger partial charge on any atom is 0.128 e. The third kappa shape index (κ3) is 5.77. The number of nitrogens with zero attached hydrogens (tertiary/aromatic N) is 1. The molecule has 178 valence electrons.